The van der Waals surface area contributed by atoms with Crippen molar-refractivity contribution < 1.29 is 14.0 Å². The number of nitrogens with two attached hydrogens (primary N) is 1. The van der Waals surface area contributed by atoms with Crippen molar-refractivity contribution in [2.45, 2.75) is 26.7 Å². The molecule has 1 aliphatic heterocycles. The molecule has 1 fully saturated rings. The Morgan fingerprint density at radius 1 is 1.38 bits per heavy atom. The largest absolute Gasteiger partial charge is 0.366 e. The lowest BCUT2D eigenvalue weighted by atomic mass is 9.89. The van der Waals surface area contributed by atoms with Crippen LogP contribution in [0.3, 0.4) is 0 Å². The van der Waals surface area contributed by atoms with Gasteiger partial charge in [-0.05, 0) is 44.2 Å². The van der Waals surface area contributed by atoms with Gasteiger partial charge in [-0.1, -0.05) is 12.0 Å². The molecule has 2 aliphatic rings. The van der Waals surface area contributed by atoms with Crippen molar-refractivity contribution in [3.05, 3.63) is 40.3 Å². The van der Waals surface area contributed by atoms with Gasteiger partial charge in [0.15, 0.2) is 0 Å². The lowest BCUT2D eigenvalue weighted by Crippen LogP contribution is -2.39. The van der Waals surface area contributed by atoms with Crippen LogP contribution in [0.5, 0.6) is 0 Å². The van der Waals surface area contributed by atoms with Gasteiger partial charge < -0.3 is 15.6 Å². The van der Waals surface area contributed by atoms with Crippen LogP contribution in [0.15, 0.2) is 12.1 Å². The Kier molecular flexibility index (Phi) is 4.20. The predicted octanol–water partition coefficient (Wildman–Crippen LogP) is 2.62. The van der Waals surface area contributed by atoms with Gasteiger partial charge in [-0.25, -0.2) is 4.39 Å². The molecule has 7 heteroatoms. The Hall–Kier alpha value is -3.58. The molecule has 1 aromatic carbocycles. The second-order valence-corrected chi connectivity index (χ2v) is 7.70. The minimum absolute atomic E-state index is 0.00632. The summed E-state index contributed by atoms with van der Waals surface area (Å²) in [6.07, 6.45) is 3.82. The number of H-pyrrole nitrogens is 1. The van der Waals surface area contributed by atoms with E-state index in [1.165, 1.54) is 0 Å². The van der Waals surface area contributed by atoms with Crippen LogP contribution in [0.4, 0.5) is 4.39 Å². The van der Waals surface area contributed by atoms with Gasteiger partial charge in [0.05, 0.1) is 16.6 Å². The molecule has 3 N–H and O–H groups in total. The average molecular weight is 390 g/mol. The van der Waals surface area contributed by atoms with E-state index in [2.05, 4.69) is 22.9 Å². The van der Waals surface area contributed by atoms with Crippen LogP contribution < -0.4 is 5.73 Å². The van der Waals surface area contributed by atoms with Crippen LogP contribution in [-0.2, 0) is 4.79 Å². The number of carbonyl (C=O) groups is 2. The van der Waals surface area contributed by atoms with Crippen LogP contribution in [0.2, 0.25) is 0 Å². The number of hydrogen-bond donors (Lipinski definition) is 2. The number of amides is 2. The molecule has 146 valence electrons. The number of nitrogens with one attached hydrogen (secondary N) is 1. The Balaban J connectivity index is 1.97. The number of carbonyl (C=O) groups excluding carboxylic acids is 2. The van der Waals surface area contributed by atoms with Crippen LogP contribution in [0, 0.1) is 41.3 Å². The number of halogens is 1. The zero-order valence-corrected chi connectivity index (χ0v) is 16.1. The molecule has 2 heterocycles. The monoisotopic (exact) mass is 390 g/mol. The van der Waals surface area contributed by atoms with Crippen molar-refractivity contribution in [3.63, 3.8) is 0 Å². The number of primary amides is 1. The minimum Gasteiger partial charge on any atom is -0.366 e. The van der Waals surface area contributed by atoms with Crippen LogP contribution in [0.1, 0.15) is 46.9 Å². The molecule has 6 nitrogen and oxygen atoms in total. The third-order valence-corrected chi connectivity index (χ3v) is 5.67. The highest BCUT2D eigenvalue weighted by atomic mass is 19.1. The van der Waals surface area contributed by atoms with E-state index in [9.17, 15) is 14.9 Å². The maximum atomic E-state index is 15.3. The van der Waals surface area contributed by atoms with E-state index in [1.807, 2.05) is 6.08 Å². The SMILES string of the molecule is CC#CC(=O)N1CC(c2c(F)cc(C(N)=O)c3[nH]c(C)c(C#N)c23)=CC2(CC2)C1. The van der Waals surface area contributed by atoms with Gasteiger partial charge in [0, 0.05) is 35.1 Å². The van der Waals surface area contributed by atoms with Crippen LogP contribution in [0.25, 0.3) is 16.5 Å². The third kappa shape index (κ3) is 2.96. The van der Waals surface area contributed by atoms with Gasteiger partial charge in [0.25, 0.3) is 11.8 Å². The van der Waals surface area contributed by atoms with Crippen molar-refractivity contribution in [1.29, 1.82) is 5.26 Å². The zero-order valence-electron chi connectivity index (χ0n) is 16.1. The van der Waals surface area contributed by atoms with E-state index < -0.39 is 11.7 Å². The Labute approximate surface area is 167 Å². The molecule has 0 saturated heterocycles. The normalized spacial score (nSPS) is 16.8. The first-order valence-electron chi connectivity index (χ1n) is 9.28. The second kappa shape index (κ2) is 6.49. The number of benzene rings is 1. The van der Waals surface area contributed by atoms with E-state index in [1.54, 1.807) is 18.7 Å². The van der Waals surface area contributed by atoms with Gasteiger partial charge in [-0.3, -0.25) is 9.59 Å². The van der Waals surface area contributed by atoms with E-state index >= 15 is 4.39 Å². The molecule has 1 spiro atoms. The van der Waals surface area contributed by atoms with Crippen molar-refractivity contribution in [2.75, 3.05) is 13.1 Å². The number of rotatable bonds is 2. The lowest BCUT2D eigenvalue weighted by molar-refractivity contribution is -0.125. The molecule has 2 amide bonds. The first-order valence-corrected chi connectivity index (χ1v) is 9.28. The van der Waals surface area contributed by atoms with Crippen LogP contribution >= 0.6 is 0 Å². The van der Waals surface area contributed by atoms with Crippen molar-refractivity contribution in [2.24, 2.45) is 11.1 Å². The van der Waals surface area contributed by atoms with Gasteiger partial charge in [0.2, 0.25) is 0 Å². The number of aromatic nitrogens is 1. The highest BCUT2D eigenvalue weighted by Crippen LogP contribution is 2.52. The summed E-state index contributed by atoms with van der Waals surface area (Å²) in [5, 5.41) is 9.99. The Bertz CT molecular complexity index is 1220. The van der Waals surface area contributed by atoms with Crippen molar-refractivity contribution in [1.82, 2.24) is 9.88 Å². The highest BCUT2D eigenvalue weighted by Gasteiger charge is 2.46. The summed E-state index contributed by atoms with van der Waals surface area (Å²) in [7, 11) is 0. The molecule has 1 aliphatic carbocycles. The van der Waals surface area contributed by atoms with Gasteiger partial charge in [0.1, 0.15) is 11.9 Å². The summed E-state index contributed by atoms with van der Waals surface area (Å²) in [5.41, 5.74) is 7.23. The van der Waals surface area contributed by atoms with E-state index in [-0.39, 0.29) is 34.6 Å². The lowest BCUT2D eigenvalue weighted by Gasteiger charge is -2.32. The van der Waals surface area contributed by atoms with E-state index in [0.717, 1.165) is 18.9 Å². The topological polar surface area (TPSA) is 103 Å². The van der Waals surface area contributed by atoms with E-state index in [0.29, 0.717) is 28.7 Å². The molecule has 1 aromatic heterocycles. The molecule has 0 bridgehead atoms. The summed E-state index contributed by atoms with van der Waals surface area (Å²) in [5.74, 6) is 3.44. The number of aromatic amines is 1. The highest BCUT2D eigenvalue weighted by molar-refractivity contribution is 6.10. The summed E-state index contributed by atoms with van der Waals surface area (Å²) < 4.78 is 15.3. The Morgan fingerprint density at radius 2 is 2.10 bits per heavy atom. The smallest absolute Gasteiger partial charge is 0.298 e. The third-order valence-electron chi connectivity index (χ3n) is 5.67. The van der Waals surface area contributed by atoms with Gasteiger partial charge in [-0.15, -0.1) is 0 Å². The van der Waals surface area contributed by atoms with Gasteiger partial charge >= 0.3 is 0 Å². The average Bonchev–Trinajstić information content (AvgIpc) is 3.32. The molecule has 0 unspecified atom stereocenters. The van der Waals surface area contributed by atoms with E-state index in [4.69, 9.17) is 5.73 Å². The maximum absolute atomic E-state index is 15.3. The van der Waals surface area contributed by atoms with Gasteiger partial charge in [-0.2, -0.15) is 5.26 Å². The molecule has 1 saturated carbocycles. The fourth-order valence-corrected chi connectivity index (χ4v) is 4.16. The maximum Gasteiger partial charge on any atom is 0.298 e. The molecular formula is C22H19FN4O2. The predicted molar refractivity (Wildman–Crippen MR) is 106 cm³/mol. The summed E-state index contributed by atoms with van der Waals surface area (Å²) in [6.45, 7) is 4.02. The fraction of sp³-hybridized carbons (Fsp3) is 0.318. The summed E-state index contributed by atoms with van der Waals surface area (Å²) >= 11 is 0. The summed E-state index contributed by atoms with van der Waals surface area (Å²) in [6, 6.07) is 3.20. The number of fused-ring (bicyclic) bond motifs is 1. The molecule has 4 rings (SSSR count). The van der Waals surface area contributed by atoms with Crippen LogP contribution in [-0.4, -0.2) is 34.8 Å². The molecule has 2 aromatic rings. The number of nitriles is 1. The van der Waals surface area contributed by atoms with Crippen molar-refractivity contribution in [3.8, 4) is 17.9 Å². The Morgan fingerprint density at radius 3 is 2.69 bits per heavy atom. The number of hydrogen-bond acceptors (Lipinski definition) is 3. The molecule has 29 heavy (non-hydrogen) atoms. The number of nitrogens with zero attached hydrogens (tertiary/aromatic N) is 2. The first-order chi connectivity index (χ1) is 13.8. The number of aryl methyl sites for hydroxylation is 1. The molecule has 0 radical (unpaired) electrons. The fourth-order valence-electron chi connectivity index (χ4n) is 4.16. The minimum atomic E-state index is -0.780. The quantitative estimate of drug-likeness (QED) is 0.771. The summed E-state index contributed by atoms with van der Waals surface area (Å²) in [4.78, 5) is 28.9. The molecular weight excluding hydrogens is 371 g/mol. The molecule has 0 atom stereocenters. The zero-order chi connectivity index (χ0) is 20.9. The van der Waals surface area contributed by atoms with Crippen molar-refractivity contribution >= 4 is 28.3 Å². The standard InChI is InChI=1S/C22H19FN4O2/c1-3-4-17(28)27-10-13(8-22(11-27)5-6-22)18-16(23)7-14(21(25)29)20-19(18)15(9-24)12(2)26-20/h7-8,26H,5-6,10-11H2,1-2H3,(H2,25,29). The second-order valence-electron chi connectivity index (χ2n) is 7.70. The first kappa shape index (κ1) is 18.8.